The summed E-state index contributed by atoms with van der Waals surface area (Å²) in [6.45, 7) is 0.771. The van der Waals surface area contributed by atoms with E-state index in [0.29, 0.717) is 12.3 Å². The van der Waals surface area contributed by atoms with Gasteiger partial charge in [-0.1, -0.05) is 18.2 Å². The van der Waals surface area contributed by atoms with E-state index in [0.717, 1.165) is 6.54 Å². The number of hydrogen-bond donors (Lipinski definition) is 1. The van der Waals surface area contributed by atoms with Gasteiger partial charge in [0.1, 0.15) is 0 Å². The Kier molecular flexibility index (Phi) is 1.99. The van der Waals surface area contributed by atoms with Gasteiger partial charge in [0, 0.05) is 43.0 Å². The number of carbonyl (C=O) groups is 1. The zero-order valence-electron chi connectivity index (χ0n) is 9.23. The molecule has 0 bridgehead atoms. The highest BCUT2D eigenvalue weighted by Crippen LogP contribution is 2.30. The Hall–Kier alpha value is -1.77. The monoisotopic (exact) mass is 214 g/mol. The van der Waals surface area contributed by atoms with E-state index in [1.807, 2.05) is 6.07 Å². The summed E-state index contributed by atoms with van der Waals surface area (Å²) < 4.78 is 2.13. The van der Waals surface area contributed by atoms with E-state index < -0.39 is 0 Å². The molecule has 0 aliphatic carbocycles. The number of carbonyl (C=O) groups excluding carboxylic acids is 1. The Morgan fingerprint density at radius 3 is 2.94 bits per heavy atom. The molecule has 2 aromatic rings. The van der Waals surface area contributed by atoms with Crippen molar-refractivity contribution in [1.82, 2.24) is 9.88 Å². The van der Waals surface area contributed by atoms with Crippen LogP contribution in [0.2, 0.25) is 0 Å². The first-order chi connectivity index (χ1) is 7.75. The molecule has 2 heterocycles. The van der Waals surface area contributed by atoms with E-state index in [1.54, 1.807) is 0 Å². The lowest BCUT2D eigenvalue weighted by Crippen LogP contribution is -2.13. The number of benzene rings is 1. The normalized spacial score (nSPS) is 20.3. The molecule has 0 spiro atoms. The van der Waals surface area contributed by atoms with Crippen molar-refractivity contribution in [3.05, 3.63) is 36.0 Å². The van der Waals surface area contributed by atoms with Crippen molar-refractivity contribution in [2.75, 3.05) is 6.54 Å². The fourth-order valence-corrected chi connectivity index (χ4v) is 2.52. The molecule has 16 heavy (non-hydrogen) atoms. The van der Waals surface area contributed by atoms with Gasteiger partial charge in [-0.15, -0.1) is 0 Å². The van der Waals surface area contributed by atoms with Gasteiger partial charge in [-0.3, -0.25) is 4.79 Å². The maximum Gasteiger partial charge on any atom is 0.220 e. The lowest BCUT2D eigenvalue weighted by Gasteiger charge is -2.04. The summed E-state index contributed by atoms with van der Waals surface area (Å²) in [5.41, 5.74) is 2.52. The van der Waals surface area contributed by atoms with Crippen LogP contribution in [0.15, 0.2) is 30.5 Å². The van der Waals surface area contributed by atoms with E-state index in [1.165, 1.54) is 16.5 Å². The van der Waals surface area contributed by atoms with Crippen LogP contribution in [0.5, 0.6) is 0 Å². The van der Waals surface area contributed by atoms with Crippen molar-refractivity contribution in [1.29, 1.82) is 0 Å². The largest absolute Gasteiger partial charge is 0.355 e. The quantitative estimate of drug-likeness (QED) is 0.771. The number of amides is 1. The molecule has 1 aliphatic heterocycles. The molecule has 3 heteroatoms. The van der Waals surface area contributed by atoms with Crippen molar-refractivity contribution >= 4 is 16.8 Å². The summed E-state index contributed by atoms with van der Waals surface area (Å²) in [7, 11) is 2.05. The van der Waals surface area contributed by atoms with Gasteiger partial charge < -0.3 is 9.88 Å². The molecule has 1 fully saturated rings. The average Bonchev–Trinajstić information content (AvgIpc) is 2.84. The van der Waals surface area contributed by atoms with E-state index in [4.69, 9.17) is 0 Å². The van der Waals surface area contributed by atoms with Crippen LogP contribution in [0.4, 0.5) is 0 Å². The number of nitrogens with zero attached hydrogens (tertiary/aromatic N) is 1. The summed E-state index contributed by atoms with van der Waals surface area (Å²) in [5.74, 6) is 0.497. The second-order valence-corrected chi connectivity index (χ2v) is 4.42. The number of fused-ring (bicyclic) bond motifs is 1. The van der Waals surface area contributed by atoms with E-state index in [-0.39, 0.29) is 5.91 Å². The Balaban J connectivity index is 2.13. The Labute approximate surface area is 94.1 Å². The molecule has 1 aromatic heterocycles. The van der Waals surface area contributed by atoms with Gasteiger partial charge in [0.05, 0.1) is 0 Å². The molecule has 3 nitrogen and oxygen atoms in total. The number of nitrogens with one attached hydrogen (secondary N) is 1. The molecule has 0 unspecified atom stereocenters. The molecule has 0 saturated carbocycles. The minimum absolute atomic E-state index is 0.165. The SMILES string of the molecule is Cn1cc([C@H]2CNC(=O)C2)c2ccccc21. The van der Waals surface area contributed by atoms with Gasteiger partial charge in [0.15, 0.2) is 0 Å². The van der Waals surface area contributed by atoms with Crippen molar-refractivity contribution in [3.63, 3.8) is 0 Å². The van der Waals surface area contributed by atoms with Gasteiger partial charge in [-0.2, -0.15) is 0 Å². The van der Waals surface area contributed by atoms with Crippen molar-refractivity contribution in [2.45, 2.75) is 12.3 Å². The maximum atomic E-state index is 11.3. The second kappa shape index (κ2) is 3.37. The first kappa shape index (κ1) is 9.46. The lowest BCUT2D eigenvalue weighted by atomic mass is 9.98. The standard InChI is InChI=1S/C13H14N2O/c1-15-8-11(9-6-13(16)14-7-9)10-4-2-3-5-12(10)15/h2-5,8-9H,6-7H2,1H3,(H,14,16)/t9-/m1/s1. The minimum atomic E-state index is 0.165. The summed E-state index contributed by atoms with van der Waals surface area (Å²) in [4.78, 5) is 11.3. The fourth-order valence-electron chi connectivity index (χ4n) is 2.52. The molecule has 1 aliphatic rings. The molecular formula is C13H14N2O. The van der Waals surface area contributed by atoms with Gasteiger partial charge in [-0.25, -0.2) is 0 Å². The number of rotatable bonds is 1. The zero-order valence-corrected chi connectivity index (χ0v) is 9.23. The third kappa shape index (κ3) is 1.32. The van der Waals surface area contributed by atoms with E-state index >= 15 is 0 Å². The zero-order chi connectivity index (χ0) is 11.1. The second-order valence-electron chi connectivity index (χ2n) is 4.42. The van der Waals surface area contributed by atoms with Crippen LogP contribution in [0.1, 0.15) is 17.9 Å². The van der Waals surface area contributed by atoms with Crippen LogP contribution in [0, 0.1) is 0 Å². The van der Waals surface area contributed by atoms with Gasteiger partial charge in [-0.05, 0) is 11.6 Å². The van der Waals surface area contributed by atoms with Crippen LogP contribution >= 0.6 is 0 Å². The molecule has 0 radical (unpaired) electrons. The summed E-state index contributed by atoms with van der Waals surface area (Å²) >= 11 is 0. The lowest BCUT2D eigenvalue weighted by molar-refractivity contribution is -0.119. The Bertz CT molecular complexity index is 556. The molecule has 82 valence electrons. The first-order valence-electron chi connectivity index (χ1n) is 5.56. The first-order valence-corrected chi connectivity index (χ1v) is 5.56. The van der Waals surface area contributed by atoms with Crippen LogP contribution < -0.4 is 5.32 Å². The predicted molar refractivity (Wildman–Crippen MR) is 63.3 cm³/mol. The van der Waals surface area contributed by atoms with Gasteiger partial charge in [0.2, 0.25) is 5.91 Å². The number of para-hydroxylation sites is 1. The summed E-state index contributed by atoms with van der Waals surface area (Å²) in [6.07, 6.45) is 2.77. The van der Waals surface area contributed by atoms with Crippen LogP contribution in [0.3, 0.4) is 0 Å². The molecule has 1 saturated heterocycles. The minimum Gasteiger partial charge on any atom is -0.355 e. The molecular weight excluding hydrogens is 200 g/mol. The molecule has 1 atom stereocenters. The number of hydrogen-bond acceptors (Lipinski definition) is 1. The average molecular weight is 214 g/mol. The summed E-state index contributed by atoms with van der Waals surface area (Å²) in [6, 6.07) is 8.34. The highest BCUT2D eigenvalue weighted by molar-refractivity contribution is 5.87. The third-order valence-electron chi connectivity index (χ3n) is 3.35. The topological polar surface area (TPSA) is 34.0 Å². The fraction of sp³-hybridized carbons (Fsp3) is 0.308. The van der Waals surface area contributed by atoms with E-state index in [9.17, 15) is 4.79 Å². The molecule has 1 amide bonds. The third-order valence-corrected chi connectivity index (χ3v) is 3.35. The van der Waals surface area contributed by atoms with Gasteiger partial charge >= 0.3 is 0 Å². The smallest absolute Gasteiger partial charge is 0.220 e. The van der Waals surface area contributed by atoms with Crippen LogP contribution in [-0.4, -0.2) is 17.0 Å². The van der Waals surface area contributed by atoms with E-state index in [2.05, 4.69) is 41.3 Å². The van der Waals surface area contributed by atoms with Crippen molar-refractivity contribution < 1.29 is 4.79 Å². The number of aromatic nitrogens is 1. The van der Waals surface area contributed by atoms with Gasteiger partial charge in [0.25, 0.3) is 0 Å². The van der Waals surface area contributed by atoms with Crippen LogP contribution in [-0.2, 0) is 11.8 Å². The Morgan fingerprint density at radius 1 is 1.38 bits per heavy atom. The highest BCUT2D eigenvalue weighted by atomic mass is 16.1. The molecule has 1 N–H and O–H groups in total. The van der Waals surface area contributed by atoms with Crippen LogP contribution in [0.25, 0.3) is 10.9 Å². The Morgan fingerprint density at radius 2 is 2.19 bits per heavy atom. The number of aryl methyl sites for hydroxylation is 1. The highest BCUT2D eigenvalue weighted by Gasteiger charge is 2.25. The predicted octanol–water partition coefficient (Wildman–Crippen LogP) is 1.78. The van der Waals surface area contributed by atoms with Crippen molar-refractivity contribution in [3.8, 4) is 0 Å². The maximum absolute atomic E-state index is 11.3. The molecule has 1 aromatic carbocycles. The summed E-state index contributed by atoms with van der Waals surface area (Å²) in [5, 5.41) is 4.16. The molecule has 3 rings (SSSR count). The van der Waals surface area contributed by atoms with Crippen molar-refractivity contribution in [2.24, 2.45) is 7.05 Å².